The summed E-state index contributed by atoms with van der Waals surface area (Å²) in [4.78, 5) is 24.0. The van der Waals surface area contributed by atoms with E-state index in [1.165, 1.54) is 12.1 Å². The van der Waals surface area contributed by atoms with Gasteiger partial charge in [0.2, 0.25) is 0 Å². The quantitative estimate of drug-likeness (QED) is 0.686. The highest BCUT2D eigenvalue weighted by Crippen LogP contribution is 2.18. The molecule has 1 amide bonds. The fraction of sp³-hybridized carbons (Fsp3) is 0.300. The Balaban J connectivity index is 2.14. The van der Waals surface area contributed by atoms with Crippen LogP contribution in [0.15, 0.2) is 59.5 Å². The Kier molecular flexibility index (Phi) is 7.12. The minimum Gasteiger partial charge on any atom is -0.481 e. The monoisotopic (exact) mass is 389 g/mol. The predicted octanol–water partition coefficient (Wildman–Crippen LogP) is 2.54. The summed E-state index contributed by atoms with van der Waals surface area (Å²) in [6.45, 7) is 1.66. The van der Waals surface area contributed by atoms with Gasteiger partial charge in [-0.25, -0.2) is 8.42 Å². The van der Waals surface area contributed by atoms with Crippen LogP contribution in [0.3, 0.4) is 0 Å². The molecule has 0 heterocycles. The molecule has 27 heavy (non-hydrogen) atoms. The van der Waals surface area contributed by atoms with Gasteiger partial charge < -0.3 is 10.4 Å². The first-order valence-electron chi connectivity index (χ1n) is 8.72. The average Bonchev–Trinajstić information content (AvgIpc) is 2.65. The van der Waals surface area contributed by atoms with Crippen LogP contribution in [-0.4, -0.2) is 37.7 Å². The van der Waals surface area contributed by atoms with Crippen molar-refractivity contribution in [3.8, 4) is 0 Å². The molecule has 2 rings (SSSR count). The molecular formula is C20H23NO5S. The lowest BCUT2D eigenvalue weighted by Crippen LogP contribution is -2.34. The third-order valence-electron chi connectivity index (χ3n) is 4.12. The molecule has 0 aliphatic carbocycles. The van der Waals surface area contributed by atoms with Crippen LogP contribution < -0.4 is 5.32 Å². The Morgan fingerprint density at radius 3 is 2.30 bits per heavy atom. The predicted molar refractivity (Wildman–Crippen MR) is 102 cm³/mol. The maximum Gasteiger partial charge on any atom is 0.308 e. The topological polar surface area (TPSA) is 101 Å². The first-order chi connectivity index (χ1) is 12.8. The van der Waals surface area contributed by atoms with E-state index in [0.29, 0.717) is 6.42 Å². The number of amides is 1. The van der Waals surface area contributed by atoms with Gasteiger partial charge in [0.1, 0.15) is 0 Å². The second-order valence-corrected chi connectivity index (χ2v) is 8.33. The summed E-state index contributed by atoms with van der Waals surface area (Å²) in [6.07, 6.45) is 0.711. The third-order valence-corrected chi connectivity index (χ3v) is 6.09. The lowest BCUT2D eigenvalue weighted by Gasteiger charge is -2.15. The fourth-order valence-corrected chi connectivity index (χ4v) is 4.30. The number of rotatable bonds is 9. The molecule has 0 fully saturated rings. The SMILES string of the molecule is CCCS(=O)(=O)c1ccccc1C(=O)NCC(Cc1ccccc1)C(=O)O. The summed E-state index contributed by atoms with van der Waals surface area (Å²) in [5, 5.41) is 12.0. The largest absolute Gasteiger partial charge is 0.481 e. The summed E-state index contributed by atoms with van der Waals surface area (Å²) < 4.78 is 24.7. The number of carboxylic acids is 1. The van der Waals surface area contributed by atoms with Gasteiger partial charge in [-0.2, -0.15) is 0 Å². The Bertz CT molecular complexity index is 894. The molecule has 2 N–H and O–H groups in total. The lowest BCUT2D eigenvalue weighted by atomic mass is 9.99. The van der Waals surface area contributed by atoms with E-state index < -0.39 is 27.6 Å². The molecule has 7 heteroatoms. The smallest absolute Gasteiger partial charge is 0.308 e. The fourth-order valence-electron chi connectivity index (χ4n) is 2.76. The molecule has 0 saturated carbocycles. The van der Waals surface area contributed by atoms with Crippen molar-refractivity contribution in [2.75, 3.05) is 12.3 Å². The summed E-state index contributed by atoms with van der Waals surface area (Å²) in [6, 6.07) is 15.1. The van der Waals surface area contributed by atoms with Crippen molar-refractivity contribution in [1.82, 2.24) is 5.32 Å². The third kappa shape index (κ3) is 5.65. The van der Waals surface area contributed by atoms with Crippen molar-refractivity contribution >= 4 is 21.7 Å². The molecule has 1 atom stereocenters. The van der Waals surface area contributed by atoms with E-state index in [2.05, 4.69) is 5.32 Å². The molecule has 0 aliphatic rings. The molecule has 2 aromatic carbocycles. The summed E-state index contributed by atoms with van der Waals surface area (Å²) >= 11 is 0. The van der Waals surface area contributed by atoms with E-state index in [9.17, 15) is 23.1 Å². The van der Waals surface area contributed by atoms with Crippen molar-refractivity contribution in [3.05, 3.63) is 65.7 Å². The number of carbonyl (C=O) groups is 2. The maximum atomic E-state index is 12.5. The molecule has 0 bridgehead atoms. The Hall–Kier alpha value is -2.67. The van der Waals surface area contributed by atoms with Gasteiger partial charge in [-0.15, -0.1) is 0 Å². The van der Waals surface area contributed by atoms with Crippen LogP contribution in [0.5, 0.6) is 0 Å². The normalized spacial score (nSPS) is 12.3. The molecule has 0 radical (unpaired) electrons. The van der Waals surface area contributed by atoms with Crippen molar-refractivity contribution in [2.45, 2.75) is 24.7 Å². The molecule has 1 unspecified atom stereocenters. The highest BCUT2D eigenvalue weighted by molar-refractivity contribution is 7.91. The van der Waals surface area contributed by atoms with Gasteiger partial charge in [0, 0.05) is 6.54 Å². The Morgan fingerprint density at radius 1 is 1.04 bits per heavy atom. The van der Waals surface area contributed by atoms with Gasteiger partial charge in [0.15, 0.2) is 9.84 Å². The van der Waals surface area contributed by atoms with Crippen molar-refractivity contribution in [1.29, 1.82) is 0 Å². The standard InChI is InChI=1S/C20H23NO5S/c1-2-12-27(25,26)18-11-7-6-10-17(18)19(22)21-14-16(20(23)24)13-15-8-4-3-5-9-15/h3-11,16H,2,12-14H2,1H3,(H,21,22)(H,23,24). The second kappa shape index (κ2) is 9.32. The molecular weight excluding hydrogens is 366 g/mol. The molecule has 0 aromatic heterocycles. The molecule has 0 aliphatic heterocycles. The average molecular weight is 389 g/mol. The number of hydrogen-bond acceptors (Lipinski definition) is 4. The van der Waals surface area contributed by atoms with Crippen LogP contribution in [0.25, 0.3) is 0 Å². The number of sulfone groups is 1. The molecule has 0 saturated heterocycles. The Morgan fingerprint density at radius 2 is 1.67 bits per heavy atom. The summed E-state index contributed by atoms with van der Waals surface area (Å²) in [7, 11) is -3.57. The summed E-state index contributed by atoms with van der Waals surface area (Å²) in [5.41, 5.74) is 0.889. The minimum absolute atomic E-state index is 0.0284. The van der Waals surface area contributed by atoms with Crippen LogP contribution in [0.1, 0.15) is 29.3 Å². The second-order valence-electron chi connectivity index (χ2n) is 6.25. The van der Waals surface area contributed by atoms with E-state index in [-0.39, 0.29) is 29.2 Å². The van der Waals surface area contributed by atoms with E-state index in [1.54, 1.807) is 19.1 Å². The highest BCUT2D eigenvalue weighted by Gasteiger charge is 2.23. The number of carboxylic acid groups (broad SMARTS) is 1. The van der Waals surface area contributed by atoms with Gasteiger partial charge >= 0.3 is 5.97 Å². The minimum atomic E-state index is -3.57. The number of aliphatic carboxylic acids is 1. The summed E-state index contributed by atoms with van der Waals surface area (Å²) in [5.74, 6) is -2.48. The van der Waals surface area contributed by atoms with Crippen molar-refractivity contribution in [2.24, 2.45) is 5.92 Å². The van der Waals surface area contributed by atoms with E-state index in [0.717, 1.165) is 5.56 Å². The number of benzene rings is 2. The van der Waals surface area contributed by atoms with Gasteiger partial charge in [0.05, 0.1) is 22.1 Å². The Labute approximate surface area is 159 Å². The van der Waals surface area contributed by atoms with E-state index in [1.807, 2.05) is 30.3 Å². The first kappa shape index (κ1) is 20.6. The highest BCUT2D eigenvalue weighted by atomic mass is 32.2. The van der Waals surface area contributed by atoms with Gasteiger partial charge in [-0.3, -0.25) is 9.59 Å². The number of hydrogen-bond donors (Lipinski definition) is 2. The zero-order valence-corrected chi connectivity index (χ0v) is 15.9. The molecule has 0 spiro atoms. The van der Waals surface area contributed by atoms with Crippen LogP contribution in [0.2, 0.25) is 0 Å². The van der Waals surface area contributed by atoms with Crippen molar-refractivity contribution < 1.29 is 23.1 Å². The maximum absolute atomic E-state index is 12.5. The molecule has 144 valence electrons. The van der Waals surface area contributed by atoms with Crippen LogP contribution in [0.4, 0.5) is 0 Å². The lowest BCUT2D eigenvalue weighted by molar-refractivity contribution is -0.141. The molecule has 6 nitrogen and oxygen atoms in total. The number of nitrogens with one attached hydrogen (secondary N) is 1. The van der Waals surface area contributed by atoms with Crippen LogP contribution >= 0.6 is 0 Å². The van der Waals surface area contributed by atoms with Gasteiger partial charge in [-0.05, 0) is 30.5 Å². The van der Waals surface area contributed by atoms with Crippen molar-refractivity contribution in [3.63, 3.8) is 0 Å². The van der Waals surface area contributed by atoms with Crippen LogP contribution in [0, 0.1) is 5.92 Å². The zero-order valence-electron chi connectivity index (χ0n) is 15.1. The van der Waals surface area contributed by atoms with E-state index in [4.69, 9.17) is 0 Å². The zero-order chi connectivity index (χ0) is 19.9. The van der Waals surface area contributed by atoms with E-state index >= 15 is 0 Å². The molecule has 2 aromatic rings. The first-order valence-corrected chi connectivity index (χ1v) is 10.4. The van der Waals surface area contributed by atoms with Gasteiger partial charge in [-0.1, -0.05) is 49.4 Å². The number of carbonyl (C=O) groups excluding carboxylic acids is 1. The van der Waals surface area contributed by atoms with Gasteiger partial charge in [0.25, 0.3) is 5.91 Å². The van der Waals surface area contributed by atoms with Crippen LogP contribution in [-0.2, 0) is 21.1 Å².